The molecule has 1 heterocycles. The van der Waals surface area contributed by atoms with Crippen LogP contribution in [0.4, 0.5) is 4.79 Å². The van der Waals surface area contributed by atoms with Crippen molar-refractivity contribution in [2.24, 2.45) is 11.3 Å². The van der Waals surface area contributed by atoms with Crippen LogP contribution in [0.5, 0.6) is 0 Å². The van der Waals surface area contributed by atoms with Gasteiger partial charge in [-0.1, -0.05) is 50.1 Å². The van der Waals surface area contributed by atoms with Gasteiger partial charge in [-0.25, -0.2) is 4.79 Å². The molecule has 3 rings (SSSR count). The Morgan fingerprint density at radius 3 is 2.67 bits per heavy atom. The predicted octanol–water partition coefficient (Wildman–Crippen LogP) is 4.23. The van der Waals surface area contributed by atoms with Crippen LogP contribution in [0, 0.1) is 11.3 Å². The Labute approximate surface area is 127 Å². The second-order valence-electron chi connectivity index (χ2n) is 6.89. The van der Waals surface area contributed by atoms with Gasteiger partial charge in [-0.2, -0.15) is 0 Å². The maximum Gasteiger partial charge on any atom is 0.410 e. The normalized spacial score (nSPS) is 28.8. The van der Waals surface area contributed by atoms with Crippen molar-refractivity contribution < 1.29 is 9.53 Å². The summed E-state index contributed by atoms with van der Waals surface area (Å²) in [4.78, 5) is 14.1. The zero-order chi connectivity index (χ0) is 14.7. The summed E-state index contributed by atoms with van der Waals surface area (Å²) in [6.45, 7) is 4.48. The van der Waals surface area contributed by atoms with Gasteiger partial charge >= 0.3 is 6.09 Å². The largest absolute Gasteiger partial charge is 0.445 e. The van der Waals surface area contributed by atoms with Gasteiger partial charge in [-0.3, -0.25) is 0 Å². The standard InChI is InChI=1S/C18H25NO2/c1-15-7-9-18(10-8-15)11-12-19(14-18)17(20)21-13-16-5-3-2-4-6-16/h2-6,15H,7-14H2,1H3. The first kappa shape index (κ1) is 14.4. The van der Waals surface area contributed by atoms with Crippen molar-refractivity contribution in [1.29, 1.82) is 0 Å². The van der Waals surface area contributed by atoms with Crippen LogP contribution in [0.1, 0.15) is 44.6 Å². The summed E-state index contributed by atoms with van der Waals surface area (Å²) in [5.74, 6) is 0.856. The summed E-state index contributed by atoms with van der Waals surface area (Å²) in [6, 6.07) is 9.89. The van der Waals surface area contributed by atoms with Gasteiger partial charge in [-0.15, -0.1) is 0 Å². The molecule has 0 radical (unpaired) electrons. The van der Waals surface area contributed by atoms with Crippen molar-refractivity contribution in [3.05, 3.63) is 35.9 Å². The lowest BCUT2D eigenvalue weighted by Gasteiger charge is -2.35. The summed E-state index contributed by atoms with van der Waals surface area (Å²) in [7, 11) is 0. The van der Waals surface area contributed by atoms with Crippen molar-refractivity contribution in [1.82, 2.24) is 4.90 Å². The second kappa shape index (κ2) is 6.08. The molecule has 1 spiro atoms. The van der Waals surface area contributed by atoms with Crippen molar-refractivity contribution in [2.45, 2.75) is 45.6 Å². The Morgan fingerprint density at radius 2 is 1.95 bits per heavy atom. The molecule has 0 N–H and O–H groups in total. The number of carbonyl (C=O) groups excluding carboxylic acids is 1. The van der Waals surface area contributed by atoms with Gasteiger partial charge in [0.1, 0.15) is 6.61 Å². The first-order chi connectivity index (χ1) is 10.2. The fourth-order valence-corrected chi connectivity index (χ4v) is 3.68. The Hall–Kier alpha value is -1.51. The number of ether oxygens (including phenoxy) is 1. The molecular weight excluding hydrogens is 262 g/mol. The van der Waals surface area contributed by atoms with E-state index in [-0.39, 0.29) is 6.09 Å². The number of nitrogens with zero attached hydrogens (tertiary/aromatic N) is 1. The van der Waals surface area contributed by atoms with Gasteiger partial charge in [0.25, 0.3) is 0 Å². The molecule has 0 bridgehead atoms. The van der Waals surface area contributed by atoms with Crippen LogP contribution in [-0.2, 0) is 11.3 Å². The minimum atomic E-state index is -0.144. The molecule has 1 aromatic rings. The molecular formula is C18H25NO2. The van der Waals surface area contributed by atoms with Gasteiger partial charge in [0.05, 0.1) is 0 Å². The maximum atomic E-state index is 12.2. The van der Waals surface area contributed by atoms with E-state index in [0.717, 1.165) is 31.0 Å². The van der Waals surface area contributed by atoms with Crippen LogP contribution in [0.15, 0.2) is 30.3 Å². The van der Waals surface area contributed by atoms with Gasteiger partial charge in [-0.05, 0) is 36.2 Å². The average molecular weight is 287 g/mol. The summed E-state index contributed by atoms with van der Waals surface area (Å²) >= 11 is 0. The lowest BCUT2D eigenvalue weighted by atomic mass is 9.70. The molecule has 0 atom stereocenters. The van der Waals surface area contributed by atoms with Crippen molar-refractivity contribution >= 4 is 6.09 Å². The van der Waals surface area contributed by atoms with E-state index in [1.54, 1.807) is 0 Å². The van der Waals surface area contributed by atoms with Crippen molar-refractivity contribution in [2.75, 3.05) is 13.1 Å². The van der Waals surface area contributed by atoms with E-state index in [9.17, 15) is 4.79 Å². The Morgan fingerprint density at radius 1 is 1.24 bits per heavy atom. The smallest absolute Gasteiger partial charge is 0.410 e. The highest BCUT2D eigenvalue weighted by Crippen LogP contribution is 2.45. The number of carbonyl (C=O) groups is 1. The summed E-state index contributed by atoms with van der Waals surface area (Å²) in [5, 5.41) is 0. The van der Waals surface area contributed by atoms with E-state index in [4.69, 9.17) is 4.74 Å². The fraction of sp³-hybridized carbons (Fsp3) is 0.611. The monoisotopic (exact) mass is 287 g/mol. The average Bonchev–Trinajstić information content (AvgIpc) is 2.93. The Balaban J connectivity index is 1.50. The van der Waals surface area contributed by atoms with E-state index in [1.807, 2.05) is 35.2 Å². The molecule has 1 saturated heterocycles. The minimum Gasteiger partial charge on any atom is -0.445 e. The van der Waals surface area contributed by atoms with Crippen LogP contribution in [0.25, 0.3) is 0 Å². The zero-order valence-corrected chi connectivity index (χ0v) is 12.9. The molecule has 1 aliphatic carbocycles. The highest BCUT2D eigenvalue weighted by atomic mass is 16.6. The van der Waals surface area contributed by atoms with Crippen LogP contribution in [0.2, 0.25) is 0 Å². The lowest BCUT2D eigenvalue weighted by molar-refractivity contribution is 0.0935. The number of rotatable bonds is 2. The van der Waals surface area contributed by atoms with Crippen molar-refractivity contribution in [3.63, 3.8) is 0 Å². The van der Waals surface area contributed by atoms with Crippen LogP contribution < -0.4 is 0 Å². The number of hydrogen-bond donors (Lipinski definition) is 0. The highest BCUT2D eigenvalue weighted by molar-refractivity contribution is 5.68. The number of hydrogen-bond acceptors (Lipinski definition) is 2. The fourth-order valence-electron chi connectivity index (χ4n) is 3.68. The molecule has 1 aliphatic heterocycles. The molecule has 114 valence electrons. The third-order valence-electron chi connectivity index (χ3n) is 5.24. The van der Waals surface area contributed by atoms with Crippen molar-refractivity contribution in [3.8, 4) is 0 Å². The molecule has 2 aliphatic rings. The van der Waals surface area contributed by atoms with E-state index in [2.05, 4.69) is 6.92 Å². The van der Waals surface area contributed by atoms with Gasteiger partial charge < -0.3 is 9.64 Å². The number of likely N-dealkylation sites (tertiary alicyclic amines) is 1. The molecule has 1 aromatic carbocycles. The van der Waals surface area contributed by atoms with Crippen LogP contribution in [-0.4, -0.2) is 24.1 Å². The SMILES string of the molecule is CC1CCC2(CC1)CCN(C(=O)OCc1ccccc1)C2. The first-order valence-electron chi connectivity index (χ1n) is 8.13. The molecule has 2 fully saturated rings. The molecule has 0 aromatic heterocycles. The molecule has 1 amide bonds. The van der Waals surface area contributed by atoms with Crippen LogP contribution >= 0.6 is 0 Å². The third-order valence-corrected chi connectivity index (χ3v) is 5.24. The zero-order valence-electron chi connectivity index (χ0n) is 12.9. The van der Waals surface area contributed by atoms with E-state index < -0.39 is 0 Å². The molecule has 3 heteroatoms. The quantitative estimate of drug-likeness (QED) is 0.815. The highest BCUT2D eigenvalue weighted by Gasteiger charge is 2.42. The van der Waals surface area contributed by atoms with Gasteiger partial charge in [0.15, 0.2) is 0 Å². The van der Waals surface area contributed by atoms with Gasteiger partial charge in [0, 0.05) is 13.1 Å². The second-order valence-corrected chi connectivity index (χ2v) is 6.89. The minimum absolute atomic E-state index is 0.144. The predicted molar refractivity (Wildman–Crippen MR) is 82.9 cm³/mol. The van der Waals surface area contributed by atoms with E-state index in [1.165, 1.54) is 25.7 Å². The van der Waals surface area contributed by atoms with E-state index in [0.29, 0.717) is 12.0 Å². The van der Waals surface area contributed by atoms with E-state index >= 15 is 0 Å². The number of amides is 1. The van der Waals surface area contributed by atoms with Crippen LogP contribution in [0.3, 0.4) is 0 Å². The lowest BCUT2D eigenvalue weighted by Crippen LogP contribution is -2.34. The maximum absolute atomic E-state index is 12.2. The first-order valence-corrected chi connectivity index (χ1v) is 8.13. The Bertz CT molecular complexity index is 477. The molecule has 0 unspecified atom stereocenters. The summed E-state index contributed by atoms with van der Waals surface area (Å²) < 4.78 is 5.45. The Kier molecular flexibility index (Phi) is 4.18. The topological polar surface area (TPSA) is 29.5 Å². The summed E-state index contributed by atoms with van der Waals surface area (Å²) in [6.07, 6.45) is 6.18. The van der Waals surface area contributed by atoms with Gasteiger partial charge in [0.2, 0.25) is 0 Å². The number of benzene rings is 1. The third kappa shape index (κ3) is 3.39. The molecule has 1 saturated carbocycles. The molecule has 3 nitrogen and oxygen atoms in total. The molecule has 21 heavy (non-hydrogen) atoms. The summed E-state index contributed by atoms with van der Waals surface area (Å²) in [5.41, 5.74) is 1.43.